The molecule has 0 aliphatic rings. The normalized spacial score (nSPS) is 11.7. The molecule has 10 heteroatoms. The maximum Gasteiger partial charge on any atom is 0.260 e. The highest BCUT2D eigenvalue weighted by atomic mass is 32.2. The summed E-state index contributed by atoms with van der Waals surface area (Å²) in [4.78, 5) is 26.3. The van der Waals surface area contributed by atoms with Gasteiger partial charge in [-0.05, 0) is 35.7 Å². The van der Waals surface area contributed by atoms with E-state index in [4.69, 9.17) is 4.42 Å². The average molecular weight is 440 g/mol. The molecule has 0 aliphatic carbocycles. The molecule has 0 atom stereocenters. The molecule has 2 N–H and O–H groups in total. The molecule has 29 heavy (non-hydrogen) atoms. The smallest absolute Gasteiger partial charge is 0.260 e. The van der Waals surface area contributed by atoms with Crippen molar-refractivity contribution in [3.8, 4) is 11.3 Å². The molecule has 0 saturated carbocycles. The monoisotopic (exact) mass is 439 g/mol. The summed E-state index contributed by atoms with van der Waals surface area (Å²) in [6.45, 7) is 0. The highest BCUT2D eigenvalue weighted by Crippen LogP contribution is 2.31. The second kappa shape index (κ2) is 7.82. The number of nitrogens with zero attached hydrogens (tertiary/aromatic N) is 3. The van der Waals surface area contributed by atoms with Crippen LogP contribution in [0, 0.1) is 0 Å². The Hall–Kier alpha value is -2.95. The fourth-order valence-electron chi connectivity index (χ4n) is 2.75. The quantitative estimate of drug-likeness (QED) is 0.366. The number of thioether (sulfide) groups is 1. The highest BCUT2D eigenvalue weighted by Gasteiger charge is 2.15. The number of thiophene rings is 2. The number of hydrogen-bond acceptors (Lipinski definition) is 8. The second-order valence-corrected chi connectivity index (χ2v) is 8.74. The van der Waals surface area contributed by atoms with Gasteiger partial charge in [0, 0.05) is 15.8 Å². The van der Waals surface area contributed by atoms with Crippen molar-refractivity contribution in [1.82, 2.24) is 25.1 Å². The van der Waals surface area contributed by atoms with Crippen molar-refractivity contribution in [2.45, 2.75) is 10.9 Å². The van der Waals surface area contributed by atoms with Gasteiger partial charge in [-0.25, -0.2) is 9.97 Å². The zero-order chi connectivity index (χ0) is 19.6. The van der Waals surface area contributed by atoms with Crippen LogP contribution in [0.4, 0.5) is 0 Å². The lowest BCUT2D eigenvalue weighted by Gasteiger charge is -1.99. The average Bonchev–Trinajstić information content (AvgIpc) is 3.52. The molecule has 0 unspecified atom stereocenters. The molecule has 5 rings (SSSR count). The summed E-state index contributed by atoms with van der Waals surface area (Å²) >= 11 is 4.49. The van der Waals surface area contributed by atoms with E-state index in [1.165, 1.54) is 23.1 Å². The predicted molar refractivity (Wildman–Crippen MR) is 117 cm³/mol. The van der Waals surface area contributed by atoms with Gasteiger partial charge in [0.15, 0.2) is 0 Å². The van der Waals surface area contributed by atoms with Crippen molar-refractivity contribution < 1.29 is 4.42 Å². The van der Waals surface area contributed by atoms with Crippen LogP contribution in [-0.2, 0) is 5.75 Å². The second-order valence-electron chi connectivity index (χ2n) is 5.96. The van der Waals surface area contributed by atoms with Gasteiger partial charge in [0.1, 0.15) is 22.2 Å². The van der Waals surface area contributed by atoms with Crippen LogP contribution in [0.2, 0.25) is 0 Å². The predicted octanol–water partition coefficient (Wildman–Crippen LogP) is 4.89. The Bertz CT molecular complexity index is 1330. The van der Waals surface area contributed by atoms with Crippen molar-refractivity contribution in [2.75, 3.05) is 0 Å². The van der Waals surface area contributed by atoms with E-state index in [0.717, 1.165) is 10.4 Å². The van der Waals surface area contributed by atoms with Crippen LogP contribution < -0.4 is 5.56 Å². The van der Waals surface area contributed by atoms with Crippen molar-refractivity contribution in [1.29, 1.82) is 0 Å². The van der Waals surface area contributed by atoms with Gasteiger partial charge in [-0.3, -0.25) is 9.89 Å². The zero-order valence-corrected chi connectivity index (χ0v) is 17.2. The minimum Gasteiger partial charge on any atom is -0.464 e. The van der Waals surface area contributed by atoms with Gasteiger partial charge in [0.25, 0.3) is 5.56 Å². The molecule has 0 fully saturated rings. The Balaban J connectivity index is 1.32. The Kier molecular flexibility index (Phi) is 4.88. The molecule has 0 saturated heterocycles. The zero-order valence-electron chi connectivity index (χ0n) is 14.8. The van der Waals surface area contributed by atoms with Crippen LogP contribution >= 0.6 is 34.4 Å². The molecule has 0 bridgehead atoms. The van der Waals surface area contributed by atoms with Gasteiger partial charge in [-0.15, -0.1) is 27.8 Å². The molecule has 0 amide bonds. The standard InChI is InChI=1S/C19H13N5O2S3/c25-17-16-12(13-4-1-7-26-13)9-28-18(16)21-15(20-17)10-29-19-22-14(23-24-19)6-5-11-3-2-8-27-11/h1-9H,10H2,(H,20,21,25)(H,22,23,24)/b6-5+. The van der Waals surface area contributed by atoms with E-state index in [1.807, 2.05) is 41.1 Å². The Labute approximate surface area is 176 Å². The van der Waals surface area contributed by atoms with E-state index in [1.54, 1.807) is 23.7 Å². The summed E-state index contributed by atoms with van der Waals surface area (Å²) in [5.74, 6) is 2.39. The van der Waals surface area contributed by atoms with Gasteiger partial charge in [-0.1, -0.05) is 17.8 Å². The van der Waals surface area contributed by atoms with E-state index in [0.29, 0.717) is 38.5 Å². The Morgan fingerprint density at radius 3 is 2.97 bits per heavy atom. The van der Waals surface area contributed by atoms with Crippen LogP contribution in [0.5, 0.6) is 0 Å². The van der Waals surface area contributed by atoms with Crippen LogP contribution in [0.15, 0.2) is 55.7 Å². The molecular formula is C19H13N5O2S3. The van der Waals surface area contributed by atoms with E-state index in [2.05, 4.69) is 25.1 Å². The number of fused-ring (bicyclic) bond motifs is 1. The number of furan rings is 1. The number of rotatable bonds is 6. The summed E-state index contributed by atoms with van der Waals surface area (Å²) in [5.41, 5.74) is 0.590. The maximum absolute atomic E-state index is 12.6. The van der Waals surface area contributed by atoms with Crippen molar-refractivity contribution in [3.05, 3.63) is 68.2 Å². The SMILES string of the molecule is O=c1[nH]c(CSc2n[nH]c(/C=C/c3cccs3)n2)nc2scc(-c3ccco3)c12. The van der Waals surface area contributed by atoms with Crippen LogP contribution in [0.25, 0.3) is 33.7 Å². The summed E-state index contributed by atoms with van der Waals surface area (Å²) in [6, 6.07) is 7.67. The van der Waals surface area contributed by atoms with Gasteiger partial charge in [0.2, 0.25) is 5.16 Å². The molecule has 5 aromatic heterocycles. The number of aromatic nitrogens is 5. The number of nitrogens with one attached hydrogen (secondary N) is 2. The molecular weight excluding hydrogens is 426 g/mol. The van der Waals surface area contributed by atoms with Crippen molar-refractivity contribution in [2.24, 2.45) is 0 Å². The van der Waals surface area contributed by atoms with E-state index in [9.17, 15) is 4.79 Å². The first-order valence-corrected chi connectivity index (χ1v) is 11.3. The summed E-state index contributed by atoms with van der Waals surface area (Å²) in [5, 5.41) is 12.2. The highest BCUT2D eigenvalue weighted by molar-refractivity contribution is 7.98. The molecule has 0 radical (unpaired) electrons. The maximum atomic E-state index is 12.6. The van der Waals surface area contributed by atoms with Gasteiger partial charge in [-0.2, -0.15) is 0 Å². The largest absolute Gasteiger partial charge is 0.464 e. The molecule has 0 aromatic carbocycles. The Morgan fingerprint density at radius 1 is 1.17 bits per heavy atom. The third-order valence-corrected chi connectivity index (χ3v) is 6.62. The summed E-state index contributed by atoms with van der Waals surface area (Å²) in [7, 11) is 0. The topological polar surface area (TPSA) is 100 Å². The van der Waals surface area contributed by atoms with Gasteiger partial charge in [0.05, 0.1) is 17.4 Å². The minimum absolute atomic E-state index is 0.173. The third-order valence-electron chi connectivity index (χ3n) is 4.05. The number of aromatic amines is 2. The third kappa shape index (κ3) is 3.82. The van der Waals surface area contributed by atoms with E-state index < -0.39 is 0 Å². The summed E-state index contributed by atoms with van der Waals surface area (Å²) < 4.78 is 5.42. The fraction of sp³-hybridized carbons (Fsp3) is 0.0526. The van der Waals surface area contributed by atoms with Crippen LogP contribution in [0.3, 0.4) is 0 Å². The van der Waals surface area contributed by atoms with Crippen LogP contribution in [-0.4, -0.2) is 25.1 Å². The first-order chi connectivity index (χ1) is 14.3. The van der Waals surface area contributed by atoms with Crippen molar-refractivity contribution in [3.63, 3.8) is 0 Å². The first kappa shape index (κ1) is 18.1. The lowest BCUT2D eigenvalue weighted by molar-refractivity contribution is 0.583. The molecule has 5 heterocycles. The molecule has 7 nitrogen and oxygen atoms in total. The number of hydrogen-bond donors (Lipinski definition) is 2. The van der Waals surface area contributed by atoms with E-state index in [-0.39, 0.29) is 5.56 Å². The lowest BCUT2D eigenvalue weighted by Crippen LogP contribution is -2.10. The van der Waals surface area contributed by atoms with E-state index >= 15 is 0 Å². The molecule has 5 aromatic rings. The number of H-pyrrole nitrogens is 2. The van der Waals surface area contributed by atoms with Gasteiger partial charge < -0.3 is 9.40 Å². The van der Waals surface area contributed by atoms with Crippen molar-refractivity contribution >= 4 is 56.8 Å². The molecule has 144 valence electrons. The molecule has 0 aliphatic heterocycles. The fourth-order valence-corrected chi connectivity index (χ4v) is 4.99. The lowest BCUT2D eigenvalue weighted by atomic mass is 10.2. The van der Waals surface area contributed by atoms with Gasteiger partial charge >= 0.3 is 0 Å². The minimum atomic E-state index is -0.173. The Morgan fingerprint density at radius 2 is 2.14 bits per heavy atom. The first-order valence-electron chi connectivity index (χ1n) is 8.57. The summed E-state index contributed by atoms with van der Waals surface area (Å²) in [6.07, 6.45) is 5.46. The van der Waals surface area contributed by atoms with Crippen LogP contribution in [0.1, 0.15) is 16.5 Å². The molecule has 0 spiro atoms.